The molecule has 3 N–H and O–H groups in total. The predicted molar refractivity (Wildman–Crippen MR) is 70.9 cm³/mol. The van der Waals surface area contributed by atoms with Gasteiger partial charge in [-0.3, -0.25) is 4.79 Å². The molecular weight excluding hydrogens is 233 g/mol. The maximum absolute atomic E-state index is 13.5. The topological polar surface area (TPSA) is 58.4 Å². The van der Waals surface area contributed by atoms with Crippen molar-refractivity contribution < 1.29 is 9.18 Å². The van der Waals surface area contributed by atoms with Gasteiger partial charge < -0.3 is 16.0 Å². The molecule has 5 heteroatoms. The average Bonchev–Trinajstić information content (AvgIpc) is 2.25. The van der Waals surface area contributed by atoms with Gasteiger partial charge in [-0.2, -0.15) is 0 Å². The fraction of sp³-hybridized carbons (Fsp3) is 0.462. The Bertz CT molecular complexity index is 444. The molecule has 0 aromatic heterocycles. The smallest absolute Gasteiger partial charge is 0.254 e. The van der Waals surface area contributed by atoms with Gasteiger partial charge in [0.15, 0.2) is 0 Å². The van der Waals surface area contributed by atoms with Crippen LogP contribution in [-0.4, -0.2) is 37.0 Å². The minimum Gasteiger partial charge on any atom is -0.399 e. The number of anilines is 1. The van der Waals surface area contributed by atoms with Crippen LogP contribution in [0.3, 0.4) is 0 Å². The Kier molecular flexibility index (Phi) is 4.29. The molecule has 0 aliphatic rings. The van der Waals surface area contributed by atoms with Crippen LogP contribution in [0.2, 0.25) is 0 Å². The molecule has 1 rings (SSSR count). The SMILES string of the molecule is CN(C)C(C)(C)CNC(=O)c1ccc(N)cc1F. The van der Waals surface area contributed by atoms with Crippen molar-refractivity contribution >= 4 is 11.6 Å². The Morgan fingerprint density at radius 1 is 1.44 bits per heavy atom. The third kappa shape index (κ3) is 3.43. The Labute approximate surface area is 107 Å². The Morgan fingerprint density at radius 3 is 2.56 bits per heavy atom. The van der Waals surface area contributed by atoms with E-state index in [1.165, 1.54) is 12.1 Å². The van der Waals surface area contributed by atoms with Crippen molar-refractivity contribution in [2.24, 2.45) is 0 Å². The van der Waals surface area contributed by atoms with Crippen molar-refractivity contribution in [1.82, 2.24) is 10.2 Å². The summed E-state index contributed by atoms with van der Waals surface area (Å²) in [6, 6.07) is 4.05. The number of amides is 1. The molecule has 1 aromatic carbocycles. The summed E-state index contributed by atoms with van der Waals surface area (Å²) in [7, 11) is 3.85. The highest BCUT2D eigenvalue weighted by molar-refractivity contribution is 5.94. The van der Waals surface area contributed by atoms with Gasteiger partial charge in [-0.1, -0.05) is 0 Å². The average molecular weight is 253 g/mol. The number of carbonyl (C=O) groups excluding carboxylic acids is 1. The molecule has 0 saturated carbocycles. The van der Waals surface area contributed by atoms with Crippen molar-refractivity contribution in [3.05, 3.63) is 29.6 Å². The molecule has 0 aliphatic heterocycles. The summed E-state index contributed by atoms with van der Waals surface area (Å²) < 4.78 is 13.5. The number of nitrogen functional groups attached to an aromatic ring is 1. The van der Waals surface area contributed by atoms with Crippen LogP contribution in [0.5, 0.6) is 0 Å². The molecule has 0 atom stereocenters. The molecule has 0 unspecified atom stereocenters. The molecule has 18 heavy (non-hydrogen) atoms. The van der Waals surface area contributed by atoms with Crippen LogP contribution < -0.4 is 11.1 Å². The van der Waals surface area contributed by atoms with Crippen LogP contribution in [-0.2, 0) is 0 Å². The van der Waals surface area contributed by atoms with E-state index in [1.807, 2.05) is 32.8 Å². The van der Waals surface area contributed by atoms with E-state index in [1.54, 1.807) is 0 Å². The summed E-state index contributed by atoms with van der Waals surface area (Å²) in [5.74, 6) is -1.03. The molecule has 0 bridgehead atoms. The number of nitrogens with zero attached hydrogens (tertiary/aromatic N) is 1. The maximum atomic E-state index is 13.5. The number of hydrogen-bond donors (Lipinski definition) is 2. The Morgan fingerprint density at radius 2 is 2.06 bits per heavy atom. The Hall–Kier alpha value is -1.62. The molecule has 0 spiro atoms. The lowest BCUT2D eigenvalue weighted by Crippen LogP contribution is -2.48. The summed E-state index contributed by atoms with van der Waals surface area (Å²) in [6.45, 7) is 4.42. The second-order valence-electron chi connectivity index (χ2n) is 5.13. The van der Waals surface area contributed by atoms with Gasteiger partial charge in [0.25, 0.3) is 5.91 Å². The second-order valence-corrected chi connectivity index (χ2v) is 5.13. The van der Waals surface area contributed by atoms with Crippen LogP contribution in [0.1, 0.15) is 24.2 Å². The van der Waals surface area contributed by atoms with Gasteiger partial charge in [0.05, 0.1) is 5.56 Å². The van der Waals surface area contributed by atoms with Crippen molar-refractivity contribution in [1.29, 1.82) is 0 Å². The van der Waals surface area contributed by atoms with Crippen molar-refractivity contribution in [3.63, 3.8) is 0 Å². The number of carbonyl (C=O) groups is 1. The molecule has 100 valence electrons. The first-order valence-electron chi connectivity index (χ1n) is 5.74. The van der Waals surface area contributed by atoms with Crippen LogP contribution in [0, 0.1) is 5.82 Å². The lowest BCUT2D eigenvalue weighted by Gasteiger charge is -2.32. The van der Waals surface area contributed by atoms with Crippen molar-refractivity contribution in [2.45, 2.75) is 19.4 Å². The lowest BCUT2D eigenvalue weighted by molar-refractivity contribution is 0.0915. The number of nitrogens with one attached hydrogen (secondary N) is 1. The lowest BCUT2D eigenvalue weighted by atomic mass is 10.0. The normalized spacial score (nSPS) is 11.7. The summed E-state index contributed by atoms with van der Waals surface area (Å²) in [4.78, 5) is 13.8. The van der Waals surface area contributed by atoms with E-state index in [-0.39, 0.29) is 11.1 Å². The molecular formula is C13H20FN3O. The summed E-state index contributed by atoms with van der Waals surface area (Å²) in [5.41, 5.74) is 5.55. The molecule has 4 nitrogen and oxygen atoms in total. The fourth-order valence-corrected chi connectivity index (χ4v) is 1.27. The van der Waals surface area contributed by atoms with Gasteiger partial charge in [-0.15, -0.1) is 0 Å². The van der Waals surface area contributed by atoms with Gasteiger partial charge in [0.2, 0.25) is 0 Å². The van der Waals surface area contributed by atoms with Crippen LogP contribution in [0.4, 0.5) is 10.1 Å². The number of nitrogens with two attached hydrogens (primary N) is 1. The predicted octanol–water partition coefficient (Wildman–Crippen LogP) is 1.48. The number of rotatable bonds is 4. The van der Waals surface area contributed by atoms with Gasteiger partial charge in [0.1, 0.15) is 5.82 Å². The molecule has 0 radical (unpaired) electrons. The van der Waals surface area contributed by atoms with E-state index < -0.39 is 11.7 Å². The Balaban J connectivity index is 2.72. The second kappa shape index (κ2) is 5.35. The van der Waals surface area contributed by atoms with E-state index >= 15 is 0 Å². The summed E-state index contributed by atoms with van der Waals surface area (Å²) >= 11 is 0. The number of hydrogen-bond acceptors (Lipinski definition) is 3. The molecule has 0 heterocycles. The zero-order valence-corrected chi connectivity index (χ0v) is 11.2. The zero-order valence-electron chi connectivity index (χ0n) is 11.2. The zero-order chi connectivity index (χ0) is 13.9. The summed E-state index contributed by atoms with van der Waals surface area (Å²) in [5, 5.41) is 2.72. The van der Waals surface area contributed by atoms with E-state index in [2.05, 4.69) is 5.32 Å². The van der Waals surface area contributed by atoms with Gasteiger partial charge in [-0.05, 0) is 46.1 Å². The van der Waals surface area contributed by atoms with Gasteiger partial charge in [0, 0.05) is 17.8 Å². The van der Waals surface area contributed by atoms with Gasteiger partial charge >= 0.3 is 0 Å². The van der Waals surface area contributed by atoms with E-state index in [0.717, 1.165) is 6.07 Å². The van der Waals surface area contributed by atoms with Crippen molar-refractivity contribution in [2.75, 3.05) is 26.4 Å². The molecule has 0 fully saturated rings. The highest BCUT2D eigenvalue weighted by atomic mass is 19.1. The van der Waals surface area contributed by atoms with E-state index in [4.69, 9.17) is 5.73 Å². The minimum absolute atomic E-state index is 0.0127. The van der Waals surface area contributed by atoms with Gasteiger partial charge in [-0.25, -0.2) is 4.39 Å². The number of likely N-dealkylation sites (N-methyl/N-ethyl adjacent to an activating group) is 1. The van der Waals surface area contributed by atoms with Crippen LogP contribution in [0.25, 0.3) is 0 Å². The third-order valence-electron chi connectivity index (χ3n) is 3.13. The minimum atomic E-state index is -0.602. The molecule has 1 aromatic rings. The quantitative estimate of drug-likeness (QED) is 0.799. The fourth-order valence-electron chi connectivity index (χ4n) is 1.27. The van der Waals surface area contributed by atoms with E-state index in [0.29, 0.717) is 12.2 Å². The van der Waals surface area contributed by atoms with E-state index in [9.17, 15) is 9.18 Å². The largest absolute Gasteiger partial charge is 0.399 e. The first-order chi connectivity index (χ1) is 8.24. The monoisotopic (exact) mass is 253 g/mol. The van der Waals surface area contributed by atoms with Crippen LogP contribution >= 0.6 is 0 Å². The highest BCUT2D eigenvalue weighted by Gasteiger charge is 2.22. The third-order valence-corrected chi connectivity index (χ3v) is 3.13. The highest BCUT2D eigenvalue weighted by Crippen LogP contribution is 2.13. The molecule has 1 amide bonds. The first kappa shape index (κ1) is 14.4. The molecule has 0 aliphatic carbocycles. The standard InChI is InChI=1S/C13H20FN3O/c1-13(2,17(3)4)8-16-12(18)10-6-5-9(15)7-11(10)14/h5-7H,8,15H2,1-4H3,(H,16,18). The van der Waals surface area contributed by atoms with Crippen LogP contribution in [0.15, 0.2) is 18.2 Å². The number of benzene rings is 1. The van der Waals surface area contributed by atoms with Crippen molar-refractivity contribution in [3.8, 4) is 0 Å². The number of halogens is 1. The summed E-state index contributed by atoms with van der Waals surface area (Å²) in [6.07, 6.45) is 0. The first-order valence-corrected chi connectivity index (χ1v) is 5.74. The maximum Gasteiger partial charge on any atom is 0.254 e. The molecule has 0 saturated heterocycles.